The van der Waals surface area contributed by atoms with Gasteiger partial charge in [0.05, 0.1) is 12.1 Å². The van der Waals surface area contributed by atoms with Crippen LogP contribution in [0.25, 0.3) is 11.2 Å². The number of aryl methyl sites for hydroxylation is 1. The lowest BCUT2D eigenvalue weighted by Crippen LogP contribution is -2.37. The Kier molecular flexibility index (Phi) is 5.69. The van der Waals surface area contributed by atoms with Crippen LogP contribution in [0.15, 0.2) is 62.6 Å². The molecule has 2 aromatic heterocycles. The smallest absolute Gasteiger partial charge is 0.315 e. The number of alkyl halides is 3. The van der Waals surface area contributed by atoms with Crippen molar-refractivity contribution < 1.29 is 13.2 Å². The van der Waals surface area contributed by atoms with Crippen LogP contribution < -0.4 is 16.1 Å². The second kappa shape index (κ2) is 8.22. The largest absolute Gasteiger partial charge is 0.416 e. The van der Waals surface area contributed by atoms with Crippen molar-refractivity contribution in [1.82, 2.24) is 18.7 Å². The number of hydrogen-bond donors (Lipinski definition) is 0. The maximum absolute atomic E-state index is 13.3. The number of hydrogen-bond acceptors (Lipinski definition) is 4. The highest BCUT2D eigenvalue weighted by atomic mass is 79.9. The summed E-state index contributed by atoms with van der Waals surface area (Å²) >= 11 is 3.42. The quantitative estimate of drug-likeness (QED) is 0.406. The highest BCUT2D eigenvalue weighted by Gasteiger charge is 2.31. The van der Waals surface area contributed by atoms with Gasteiger partial charge in [0, 0.05) is 31.3 Å². The summed E-state index contributed by atoms with van der Waals surface area (Å²) < 4.78 is 44.5. The van der Waals surface area contributed by atoms with Crippen molar-refractivity contribution in [2.75, 3.05) is 11.9 Å². The van der Waals surface area contributed by atoms with Crippen LogP contribution in [0.2, 0.25) is 0 Å². The molecule has 0 aliphatic carbocycles. The number of aromatic nitrogens is 4. The Morgan fingerprint density at radius 3 is 2.39 bits per heavy atom. The van der Waals surface area contributed by atoms with Gasteiger partial charge in [-0.15, -0.1) is 0 Å². The Balaban J connectivity index is 1.98. The summed E-state index contributed by atoms with van der Waals surface area (Å²) in [5, 5.41) is 0. The fourth-order valence-corrected chi connectivity index (χ4v) is 4.11. The monoisotopic (exact) mass is 521 g/mol. The number of halogens is 4. The summed E-state index contributed by atoms with van der Waals surface area (Å²) in [7, 11) is 4.43. The van der Waals surface area contributed by atoms with E-state index in [-0.39, 0.29) is 29.3 Å². The van der Waals surface area contributed by atoms with E-state index < -0.39 is 23.0 Å². The van der Waals surface area contributed by atoms with Crippen molar-refractivity contribution in [3.8, 4) is 0 Å². The molecule has 0 amide bonds. The summed E-state index contributed by atoms with van der Waals surface area (Å²) in [5.74, 6) is 0.225. The Morgan fingerprint density at radius 2 is 1.73 bits per heavy atom. The van der Waals surface area contributed by atoms with Crippen molar-refractivity contribution in [2.45, 2.75) is 12.7 Å². The molecule has 0 bridgehead atoms. The van der Waals surface area contributed by atoms with E-state index in [1.165, 1.54) is 35.7 Å². The fourth-order valence-electron chi connectivity index (χ4n) is 3.67. The zero-order chi connectivity index (χ0) is 24.1. The SMILES string of the molecule is CN(c1cccc(C(F)(F)F)c1)c1nc2c(c(=O)n(C)c(=O)n2C)n1Cc1cccc(Br)c1. The van der Waals surface area contributed by atoms with Gasteiger partial charge < -0.3 is 4.90 Å². The molecule has 4 aromatic rings. The Hall–Kier alpha value is -3.34. The van der Waals surface area contributed by atoms with E-state index in [0.717, 1.165) is 26.7 Å². The van der Waals surface area contributed by atoms with Crippen LogP contribution >= 0.6 is 15.9 Å². The van der Waals surface area contributed by atoms with Gasteiger partial charge in [-0.1, -0.05) is 34.1 Å². The molecule has 0 aliphatic rings. The minimum absolute atomic E-state index is 0.145. The lowest BCUT2D eigenvalue weighted by molar-refractivity contribution is -0.137. The summed E-state index contributed by atoms with van der Waals surface area (Å²) in [6.45, 7) is 0.210. The average molecular weight is 522 g/mol. The van der Waals surface area contributed by atoms with Gasteiger partial charge in [-0.25, -0.2) is 4.79 Å². The fraction of sp³-hybridized carbons (Fsp3) is 0.227. The van der Waals surface area contributed by atoms with E-state index in [2.05, 4.69) is 20.9 Å². The van der Waals surface area contributed by atoms with Gasteiger partial charge >= 0.3 is 11.9 Å². The van der Waals surface area contributed by atoms with Crippen LogP contribution in [0.4, 0.5) is 24.8 Å². The van der Waals surface area contributed by atoms with E-state index in [1.807, 2.05) is 24.3 Å². The third-order valence-corrected chi connectivity index (χ3v) is 5.91. The summed E-state index contributed by atoms with van der Waals surface area (Å²) in [5.41, 5.74) is -0.506. The normalized spacial score (nSPS) is 11.8. The first-order chi connectivity index (χ1) is 15.5. The highest BCUT2D eigenvalue weighted by molar-refractivity contribution is 9.10. The molecule has 4 rings (SSSR count). The molecule has 0 N–H and O–H groups in total. The van der Waals surface area contributed by atoms with E-state index in [0.29, 0.717) is 0 Å². The Labute approximate surface area is 194 Å². The van der Waals surface area contributed by atoms with Crippen molar-refractivity contribution in [2.24, 2.45) is 14.1 Å². The third-order valence-electron chi connectivity index (χ3n) is 5.42. The van der Waals surface area contributed by atoms with Gasteiger partial charge in [-0.05, 0) is 35.9 Å². The third kappa shape index (κ3) is 4.08. The van der Waals surface area contributed by atoms with E-state index in [1.54, 1.807) is 11.6 Å². The second-order valence-corrected chi connectivity index (χ2v) is 8.53. The molecule has 0 fully saturated rings. The van der Waals surface area contributed by atoms with Crippen LogP contribution in [-0.4, -0.2) is 25.7 Å². The van der Waals surface area contributed by atoms with E-state index in [9.17, 15) is 22.8 Å². The summed E-state index contributed by atoms with van der Waals surface area (Å²) in [6.07, 6.45) is -4.51. The van der Waals surface area contributed by atoms with Gasteiger partial charge in [0.1, 0.15) is 0 Å². The lowest BCUT2D eigenvalue weighted by Gasteiger charge is -2.21. The minimum Gasteiger partial charge on any atom is -0.315 e. The molecule has 0 saturated carbocycles. The molecule has 0 unspecified atom stereocenters. The second-order valence-electron chi connectivity index (χ2n) is 7.61. The molecule has 172 valence electrons. The molecular formula is C22H19BrF3N5O2. The first-order valence-corrected chi connectivity index (χ1v) is 10.6. The topological polar surface area (TPSA) is 65.1 Å². The van der Waals surface area contributed by atoms with Gasteiger partial charge in [0.15, 0.2) is 11.2 Å². The van der Waals surface area contributed by atoms with Gasteiger partial charge in [-0.3, -0.25) is 18.5 Å². The number of anilines is 2. The van der Waals surface area contributed by atoms with Crippen LogP contribution in [0.1, 0.15) is 11.1 Å². The molecule has 0 atom stereocenters. The molecule has 2 heterocycles. The standard InChI is InChI=1S/C22H19BrF3N5O2/c1-28(16-9-5-7-14(11-16)22(24,25)26)20-27-18-17(19(32)30(3)21(33)29(18)2)31(20)12-13-6-4-8-15(23)10-13/h4-11H,12H2,1-3H3. The average Bonchev–Trinajstić information content (AvgIpc) is 3.14. The molecule has 33 heavy (non-hydrogen) atoms. The maximum Gasteiger partial charge on any atom is 0.416 e. The molecular weight excluding hydrogens is 503 g/mol. The summed E-state index contributed by atoms with van der Waals surface area (Å²) in [6, 6.07) is 12.3. The maximum atomic E-state index is 13.3. The molecule has 0 aliphatic heterocycles. The molecule has 11 heteroatoms. The van der Waals surface area contributed by atoms with Crippen molar-refractivity contribution in [1.29, 1.82) is 0 Å². The number of fused-ring (bicyclic) bond motifs is 1. The van der Waals surface area contributed by atoms with Crippen molar-refractivity contribution in [3.63, 3.8) is 0 Å². The van der Waals surface area contributed by atoms with E-state index >= 15 is 0 Å². The van der Waals surface area contributed by atoms with Crippen molar-refractivity contribution in [3.05, 3.63) is 85.0 Å². The van der Waals surface area contributed by atoms with Crippen molar-refractivity contribution >= 4 is 38.7 Å². The first kappa shape index (κ1) is 22.8. The first-order valence-electron chi connectivity index (χ1n) is 9.80. The van der Waals surface area contributed by atoms with Crippen LogP contribution in [0, 0.1) is 0 Å². The lowest BCUT2D eigenvalue weighted by atomic mass is 10.2. The zero-order valence-electron chi connectivity index (χ0n) is 17.9. The Morgan fingerprint density at radius 1 is 1.03 bits per heavy atom. The number of nitrogens with zero attached hydrogens (tertiary/aromatic N) is 5. The van der Waals surface area contributed by atoms with Gasteiger partial charge in [0.25, 0.3) is 5.56 Å². The van der Waals surface area contributed by atoms with Gasteiger partial charge in [0.2, 0.25) is 5.95 Å². The summed E-state index contributed by atoms with van der Waals surface area (Å²) in [4.78, 5) is 31.5. The van der Waals surface area contributed by atoms with Crippen LogP contribution in [-0.2, 0) is 26.8 Å². The Bertz CT molecular complexity index is 1490. The minimum atomic E-state index is -4.51. The molecule has 0 radical (unpaired) electrons. The molecule has 2 aromatic carbocycles. The predicted molar refractivity (Wildman–Crippen MR) is 123 cm³/mol. The molecule has 0 saturated heterocycles. The highest BCUT2D eigenvalue weighted by Crippen LogP contribution is 2.33. The molecule has 0 spiro atoms. The van der Waals surface area contributed by atoms with Crippen LogP contribution in [0.3, 0.4) is 0 Å². The zero-order valence-corrected chi connectivity index (χ0v) is 19.5. The number of imidazole rings is 1. The van der Waals surface area contributed by atoms with E-state index in [4.69, 9.17) is 0 Å². The number of rotatable bonds is 4. The predicted octanol–water partition coefficient (Wildman–Crippen LogP) is 4.03. The molecule has 7 nitrogen and oxygen atoms in total. The van der Waals surface area contributed by atoms with Gasteiger partial charge in [-0.2, -0.15) is 18.2 Å². The number of benzene rings is 2. The van der Waals surface area contributed by atoms with Crippen LogP contribution in [0.5, 0.6) is 0 Å².